The standard InChI is InChI=1S/C22H19N3O3/c1-27-14-16-7-9-17(10-8-16)22(26)23-21-13-20(18-11-12-28-15-18)24-25(21)19-5-3-2-4-6-19/h2-13,15H,14H2,1H3,(H,23,26). The molecular formula is C22H19N3O3. The fraction of sp³-hybridized carbons (Fsp3) is 0.0909. The van der Waals surface area contributed by atoms with Gasteiger partial charge in [0.1, 0.15) is 5.82 Å². The van der Waals surface area contributed by atoms with Crippen LogP contribution in [0.1, 0.15) is 15.9 Å². The van der Waals surface area contributed by atoms with Gasteiger partial charge in [0.25, 0.3) is 5.91 Å². The van der Waals surface area contributed by atoms with E-state index in [9.17, 15) is 4.79 Å². The number of hydrogen-bond acceptors (Lipinski definition) is 4. The predicted octanol–water partition coefficient (Wildman–Crippen LogP) is 4.53. The quantitative estimate of drug-likeness (QED) is 0.539. The van der Waals surface area contributed by atoms with E-state index in [0.29, 0.717) is 23.7 Å². The first kappa shape index (κ1) is 17.8. The van der Waals surface area contributed by atoms with E-state index in [4.69, 9.17) is 9.15 Å². The van der Waals surface area contributed by atoms with Gasteiger partial charge in [0, 0.05) is 24.3 Å². The van der Waals surface area contributed by atoms with Crippen LogP contribution in [0, 0.1) is 0 Å². The van der Waals surface area contributed by atoms with Crippen molar-refractivity contribution in [3.63, 3.8) is 0 Å². The molecule has 140 valence electrons. The highest BCUT2D eigenvalue weighted by molar-refractivity contribution is 6.04. The van der Waals surface area contributed by atoms with Gasteiger partial charge < -0.3 is 14.5 Å². The molecule has 0 saturated heterocycles. The van der Waals surface area contributed by atoms with Gasteiger partial charge in [-0.15, -0.1) is 0 Å². The van der Waals surface area contributed by atoms with E-state index < -0.39 is 0 Å². The van der Waals surface area contributed by atoms with E-state index in [2.05, 4.69) is 10.4 Å². The molecule has 2 heterocycles. The van der Waals surface area contributed by atoms with Gasteiger partial charge in [-0.1, -0.05) is 30.3 Å². The predicted molar refractivity (Wildman–Crippen MR) is 106 cm³/mol. The van der Waals surface area contributed by atoms with E-state index in [1.807, 2.05) is 54.6 Å². The minimum atomic E-state index is -0.209. The Labute approximate surface area is 162 Å². The molecule has 1 amide bonds. The van der Waals surface area contributed by atoms with Crippen LogP contribution >= 0.6 is 0 Å². The third-order valence-corrected chi connectivity index (χ3v) is 4.30. The number of nitrogens with one attached hydrogen (secondary N) is 1. The molecule has 2 aromatic heterocycles. The Morgan fingerprint density at radius 3 is 2.57 bits per heavy atom. The highest BCUT2D eigenvalue weighted by Gasteiger charge is 2.15. The third kappa shape index (κ3) is 3.72. The molecule has 1 N–H and O–H groups in total. The number of para-hydroxylation sites is 1. The molecule has 0 radical (unpaired) electrons. The Morgan fingerprint density at radius 2 is 1.89 bits per heavy atom. The molecule has 4 rings (SSSR count). The van der Waals surface area contributed by atoms with Crippen LogP contribution < -0.4 is 5.32 Å². The number of ether oxygens (including phenoxy) is 1. The van der Waals surface area contributed by atoms with Crippen molar-refractivity contribution in [2.24, 2.45) is 0 Å². The van der Waals surface area contributed by atoms with Crippen molar-refractivity contribution in [1.82, 2.24) is 9.78 Å². The van der Waals surface area contributed by atoms with Gasteiger partial charge in [-0.3, -0.25) is 4.79 Å². The van der Waals surface area contributed by atoms with Crippen LogP contribution in [-0.2, 0) is 11.3 Å². The number of hydrogen-bond donors (Lipinski definition) is 1. The molecular weight excluding hydrogens is 354 g/mol. The van der Waals surface area contributed by atoms with Crippen LogP contribution in [0.5, 0.6) is 0 Å². The number of nitrogens with zero attached hydrogens (tertiary/aromatic N) is 2. The maximum atomic E-state index is 12.8. The molecule has 0 fully saturated rings. The smallest absolute Gasteiger partial charge is 0.256 e. The van der Waals surface area contributed by atoms with Crippen LogP contribution in [0.3, 0.4) is 0 Å². The zero-order chi connectivity index (χ0) is 19.3. The number of carbonyl (C=O) groups excluding carboxylic acids is 1. The Kier molecular flexibility index (Phi) is 5.03. The van der Waals surface area contributed by atoms with Crippen molar-refractivity contribution in [3.05, 3.63) is 90.4 Å². The lowest BCUT2D eigenvalue weighted by Crippen LogP contribution is -2.15. The molecule has 4 aromatic rings. The van der Waals surface area contributed by atoms with Crippen LogP contribution in [0.15, 0.2) is 83.7 Å². The van der Waals surface area contributed by atoms with Crippen LogP contribution in [-0.4, -0.2) is 22.8 Å². The largest absolute Gasteiger partial charge is 0.472 e. The number of benzene rings is 2. The number of rotatable bonds is 6. The summed E-state index contributed by atoms with van der Waals surface area (Å²) in [6.07, 6.45) is 3.22. The Morgan fingerprint density at radius 1 is 1.11 bits per heavy atom. The maximum Gasteiger partial charge on any atom is 0.256 e. The summed E-state index contributed by atoms with van der Waals surface area (Å²) in [5.41, 5.74) is 3.97. The summed E-state index contributed by atoms with van der Waals surface area (Å²) in [5, 5.41) is 7.59. The summed E-state index contributed by atoms with van der Waals surface area (Å²) >= 11 is 0. The van der Waals surface area contributed by atoms with Crippen molar-refractivity contribution >= 4 is 11.7 Å². The zero-order valence-corrected chi connectivity index (χ0v) is 15.3. The van der Waals surface area contributed by atoms with Crippen molar-refractivity contribution < 1.29 is 13.9 Å². The molecule has 0 atom stereocenters. The summed E-state index contributed by atoms with van der Waals surface area (Å²) < 4.78 is 12.0. The fourth-order valence-electron chi connectivity index (χ4n) is 2.89. The number of aromatic nitrogens is 2. The average Bonchev–Trinajstić information content (AvgIpc) is 3.39. The summed E-state index contributed by atoms with van der Waals surface area (Å²) in [7, 11) is 1.64. The second kappa shape index (κ2) is 7.94. The molecule has 6 nitrogen and oxygen atoms in total. The molecule has 0 aliphatic rings. The summed E-state index contributed by atoms with van der Waals surface area (Å²) in [6.45, 7) is 0.511. The normalized spacial score (nSPS) is 10.8. The van der Waals surface area contributed by atoms with Crippen molar-refractivity contribution in [3.8, 4) is 16.9 Å². The van der Waals surface area contributed by atoms with E-state index in [0.717, 1.165) is 16.8 Å². The Balaban J connectivity index is 1.65. The van der Waals surface area contributed by atoms with Crippen LogP contribution in [0.4, 0.5) is 5.82 Å². The number of furan rings is 1. The minimum Gasteiger partial charge on any atom is -0.472 e. The monoisotopic (exact) mass is 373 g/mol. The van der Waals surface area contributed by atoms with Gasteiger partial charge >= 0.3 is 0 Å². The van der Waals surface area contributed by atoms with Crippen molar-refractivity contribution in [1.29, 1.82) is 0 Å². The first-order chi connectivity index (χ1) is 13.7. The Bertz CT molecular complexity index is 1050. The van der Waals surface area contributed by atoms with Gasteiger partial charge in [-0.05, 0) is 35.9 Å². The first-order valence-electron chi connectivity index (χ1n) is 8.82. The lowest BCUT2D eigenvalue weighted by molar-refractivity contribution is 0.102. The van der Waals surface area contributed by atoms with Gasteiger partial charge in [0.05, 0.1) is 30.5 Å². The van der Waals surface area contributed by atoms with Gasteiger partial charge in [0.15, 0.2) is 0 Å². The molecule has 0 aliphatic carbocycles. The fourth-order valence-corrected chi connectivity index (χ4v) is 2.89. The van der Waals surface area contributed by atoms with E-state index in [1.165, 1.54) is 0 Å². The molecule has 0 aliphatic heterocycles. The third-order valence-electron chi connectivity index (χ3n) is 4.30. The molecule has 28 heavy (non-hydrogen) atoms. The van der Waals surface area contributed by atoms with Gasteiger partial charge in [-0.2, -0.15) is 5.10 Å². The van der Waals surface area contributed by atoms with E-state index in [1.54, 1.807) is 36.5 Å². The highest BCUT2D eigenvalue weighted by Crippen LogP contribution is 2.25. The maximum absolute atomic E-state index is 12.8. The highest BCUT2D eigenvalue weighted by atomic mass is 16.5. The molecule has 0 spiro atoms. The number of amides is 1. The van der Waals surface area contributed by atoms with Gasteiger partial charge in [-0.25, -0.2) is 4.68 Å². The summed E-state index contributed by atoms with van der Waals surface area (Å²) in [4.78, 5) is 12.8. The molecule has 6 heteroatoms. The number of anilines is 1. The van der Waals surface area contributed by atoms with Crippen molar-refractivity contribution in [2.45, 2.75) is 6.61 Å². The molecule has 0 unspecified atom stereocenters. The SMILES string of the molecule is COCc1ccc(C(=O)Nc2cc(-c3ccoc3)nn2-c2ccccc2)cc1. The van der Waals surface area contributed by atoms with E-state index >= 15 is 0 Å². The van der Waals surface area contributed by atoms with Gasteiger partial charge in [0.2, 0.25) is 0 Å². The molecule has 2 aromatic carbocycles. The van der Waals surface area contributed by atoms with Crippen LogP contribution in [0.25, 0.3) is 16.9 Å². The zero-order valence-electron chi connectivity index (χ0n) is 15.3. The summed E-state index contributed by atoms with van der Waals surface area (Å²) in [5.74, 6) is 0.369. The van der Waals surface area contributed by atoms with Crippen LogP contribution in [0.2, 0.25) is 0 Å². The van der Waals surface area contributed by atoms with E-state index in [-0.39, 0.29) is 5.91 Å². The summed E-state index contributed by atoms with van der Waals surface area (Å²) in [6, 6.07) is 20.6. The topological polar surface area (TPSA) is 69.3 Å². The lowest BCUT2D eigenvalue weighted by atomic mass is 10.1. The molecule has 0 saturated carbocycles. The lowest BCUT2D eigenvalue weighted by Gasteiger charge is -2.09. The average molecular weight is 373 g/mol. The molecule has 0 bridgehead atoms. The second-order valence-electron chi connectivity index (χ2n) is 6.26. The number of methoxy groups -OCH3 is 1. The minimum absolute atomic E-state index is 0.209. The second-order valence-corrected chi connectivity index (χ2v) is 6.26. The Hall–Kier alpha value is -3.64. The van der Waals surface area contributed by atoms with Crippen molar-refractivity contribution in [2.75, 3.05) is 12.4 Å². The first-order valence-corrected chi connectivity index (χ1v) is 8.82. The number of carbonyl (C=O) groups is 1.